The summed E-state index contributed by atoms with van der Waals surface area (Å²) in [7, 11) is 0. The standard InChI is InChI=1S/C20H21N5O4/c1-13-11-25(12-14(2)29-13,16-9-7-15(8-10-16)24(27)28)20(26)21-19-17-5-3-4-6-18(17)22-23-19/h3-10,13-14H,11-12H2,1-2H3,(H-,21,22,23,26)/p+1/t13-,14+,25?. The lowest BCUT2D eigenvalue weighted by molar-refractivity contribution is -0.384. The Kier molecular flexibility index (Phi) is 4.77. The number of para-hydroxylation sites is 1. The van der Waals surface area contributed by atoms with Gasteiger partial charge in [-0.15, -0.1) is 0 Å². The predicted molar refractivity (Wildman–Crippen MR) is 110 cm³/mol. The Morgan fingerprint density at radius 3 is 2.48 bits per heavy atom. The molecule has 3 aromatic rings. The minimum atomic E-state index is -0.450. The number of amides is 2. The Labute approximate surface area is 167 Å². The van der Waals surface area contributed by atoms with E-state index in [1.165, 1.54) is 12.1 Å². The van der Waals surface area contributed by atoms with Crippen molar-refractivity contribution in [2.45, 2.75) is 26.1 Å². The summed E-state index contributed by atoms with van der Waals surface area (Å²) in [5.74, 6) is 0.455. The summed E-state index contributed by atoms with van der Waals surface area (Å²) in [6.45, 7) is 4.67. The summed E-state index contributed by atoms with van der Waals surface area (Å²) in [5, 5.41) is 22.0. The smallest absolute Gasteiger partial charge is 0.364 e. The molecule has 2 N–H and O–H groups in total. The Morgan fingerprint density at radius 2 is 1.83 bits per heavy atom. The number of carbonyl (C=O) groups is 1. The molecule has 2 aromatic carbocycles. The van der Waals surface area contributed by atoms with Crippen LogP contribution in [0.3, 0.4) is 0 Å². The lowest BCUT2D eigenvalue weighted by atomic mass is 10.1. The maximum absolute atomic E-state index is 13.6. The number of nitrogens with zero attached hydrogens (tertiary/aromatic N) is 3. The second kappa shape index (κ2) is 7.26. The molecule has 1 fully saturated rings. The molecule has 2 amide bonds. The molecule has 9 nitrogen and oxygen atoms in total. The SMILES string of the molecule is C[C@@H]1C[N+](C(=O)Nc2n[nH]c3ccccc23)(c2ccc([N+](=O)[O-])cc2)C[C@H](C)O1. The average molecular weight is 396 g/mol. The van der Waals surface area contributed by atoms with Crippen molar-refractivity contribution in [2.24, 2.45) is 0 Å². The van der Waals surface area contributed by atoms with E-state index in [1.807, 2.05) is 38.1 Å². The quantitative estimate of drug-likeness (QED) is 0.397. The summed E-state index contributed by atoms with van der Waals surface area (Å²) in [6.07, 6.45) is -0.314. The molecule has 0 saturated carbocycles. The van der Waals surface area contributed by atoms with Gasteiger partial charge in [-0.1, -0.05) is 12.1 Å². The van der Waals surface area contributed by atoms with Gasteiger partial charge in [0.05, 0.1) is 10.4 Å². The van der Waals surface area contributed by atoms with Crippen molar-refractivity contribution < 1.29 is 14.5 Å². The highest BCUT2D eigenvalue weighted by Gasteiger charge is 2.46. The third kappa shape index (κ3) is 3.45. The molecule has 0 aliphatic carbocycles. The zero-order valence-corrected chi connectivity index (χ0v) is 16.2. The van der Waals surface area contributed by atoms with Crippen LogP contribution in [-0.4, -0.2) is 46.4 Å². The highest BCUT2D eigenvalue weighted by Crippen LogP contribution is 2.32. The van der Waals surface area contributed by atoms with E-state index in [4.69, 9.17) is 4.74 Å². The molecule has 3 atom stereocenters. The van der Waals surface area contributed by atoms with Crippen molar-refractivity contribution in [3.8, 4) is 0 Å². The first kappa shape index (κ1) is 19.0. The third-order valence-electron chi connectivity index (χ3n) is 5.24. The molecule has 1 aliphatic heterocycles. The minimum Gasteiger partial charge on any atom is -0.364 e. The van der Waals surface area contributed by atoms with Crippen molar-refractivity contribution in [3.63, 3.8) is 0 Å². The molecule has 1 saturated heterocycles. The lowest BCUT2D eigenvalue weighted by Gasteiger charge is -2.42. The van der Waals surface area contributed by atoms with Gasteiger partial charge >= 0.3 is 6.03 Å². The number of morpholine rings is 1. The van der Waals surface area contributed by atoms with E-state index in [9.17, 15) is 14.9 Å². The first-order valence-electron chi connectivity index (χ1n) is 9.41. The highest BCUT2D eigenvalue weighted by molar-refractivity contribution is 6.03. The Balaban J connectivity index is 1.73. The van der Waals surface area contributed by atoms with E-state index < -0.39 is 4.92 Å². The molecule has 2 heterocycles. The maximum atomic E-state index is 13.6. The van der Waals surface area contributed by atoms with Crippen LogP contribution < -0.4 is 9.80 Å². The van der Waals surface area contributed by atoms with E-state index in [0.29, 0.717) is 24.6 Å². The van der Waals surface area contributed by atoms with Crippen LogP contribution in [0.1, 0.15) is 13.8 Å². The summed E-state index contributed by atoms with van der Waals surface area (Å²) in [4.78, 5) is 24.1. The fourth-order valence-electron chi connectivity index (χ4n) is 4.06. The van der Waals surface area contributed by atoms with E-state index in [2.05, 4.69) is 15.5 Å². The lowest BCUT2D eigenvalue weighted by Crippen LogP contribution is -2.65. The van der Waals surface area contributed by atoms with Gasteiger partial charge in [-0.3, -0.25) is 20.5 Å². The van der Waals surface area contributed by atoms with Gasteiger partial charge in [-0.2, -0.15) is 5.10 Å². The van der Waals surface area contributed by atoms with E-state index >= 15 is 0 Å². The second-order valence-electron chi connectivity index (χ2n) is 7.41. The van der Waals surface area contributed by atoms with Crippen LogP contribution >= 0.6 is 0 Å². The molecule has 1 aromatic heterocycles. The molecule has 4 rings (SSSR count). The number of hydrogen-bond donors (Lipinski definition) is 2. The molecule has 1 unspecified atom stereocenters. The van der Waals surface area contributed by atoms with Gasteiger partial charge in [0.1, 0.15) is 31.0 Å². The largest absolute Gasteiger partial charge is 0.427 e. The Hall–Kier alpha value is -3.30. The summed E-state index contributed by atoms with van der Waals surface area (Å²) >= 11 is 0. The van der Waals surface area contributed by atoms with Crippen LogP contribution in [0, 0.1) is 10.1 Å². The van der Waals surface area contributed by atoms with E-state index in [0.717, 1.165) is 10.9 Å². The van der Waals surface area contributed by atoms with Crippen LogP contribution in [0.2, 0.25) is 0 Å². The minimum absolute atomic E-state index is 0.0139. The number of non-ortho nitro benzene ring substituents is 1. The molecule has 0 radical (unpaired) electrons. The summed E-state index contributed by atoms with van der Waals surface area (Å²) in [5.41, 5.74) is 1.49. The van der Waals surface area contributed by atoms with Gasteiger partial charge in [0.25, 0.3) is 5.69 Å². The topological polar surface area (TPSA) is 110 Å². The molecule has 150 valence electrons. The first-order valence-corrected chi connectivity index (χ1v) is 9.41. The average Bonchev–Trinajstić information content (AvgIpc) is 3.10. The number of nitrogens with one attached hydrogen (secondary N) is 2. The molecular weight excluding hydrogens is 374 g/mol. The zero-order chi connectivity index (χ0) is 20.6. The molecule has 29 heavy (non-hydrogen) atoms. The van der Waals surface area contributed by atoms with E-state index in [1.54, 1.807) is 12.1 Å². The number of aromatic amines is 1. The van der Waals surface area contributed by atoms with Crippen molar-refractivity contribution in [3.05, 3.63) is 58.6 Å². The number of urea groups is 1. The molecule has 9 heteroatoms. The number of benzene rings is 2. The van der Waals surface area contributed by atoms with Crippen molar-refractivity contribution in [1.82, 2.24) is 14.7 Å². The fourth-order valence-corrected chi connectivity index (χ4v) is 4.06. The normalized spacial score (nSPS) is 24.3. The first-order chi connectivity index (χ1) is 13.9. The van der Waals surface area contributed by atoms with Crippen LogP contribution in [0.5, 0.6) is 0 Å². The molecule has 0 bridgehead atoms. The number of hydrogen-bond acceptors (Lipinski definition) is 5. The van der Waals surface area contributed by atoms with Crippen LogP contribution in [-0.2, 0) is 4.74 Å². The monoisotopic (exact) mass is 396 g/mol. The van der Waals surface area contributed by atoms with E-state index in [-0.39, 0.29) is 28.4 Å². The van der Waals surface area contributed by atoms with Gasteiger partial charge in [0, 0.05) is 29.7 Å². The number of fused-ring (bicyclic) bond motifs is 1. The third-order valence-corrected chi connectivity index (χ3v) is 5.24. The van der Waals surface area contributed by atoms with Crippen molar-refractivity contribution in [2.75, 3.05) is 18.4 Å². The van der Waals surface area contributed by atoms with Crippen molar-refractivity contribution in [1.29, 1.82) is 0 Å². The molecule has 1 aliphatic rings. The number of rotatable bonds is 3. The second-order valence-corrected chi connectivity index (χ2v) is 7.41. The molecular formula is C20H22N5O4+. The highest BCUT2D eigenvalue weighted by atomic mass is 16.6. The van der Waals surface area contributed by atoms with Crippen LogP contribution in [0.15, 0.2) is 48.5 Å². The number of aromatic nitrogens is 2. The fraction of sp³-hybridized carbons (Fsp3) is 0.300. The van der Waals surface area contributed by atoms with Gasteiger partial charge < -0.3 is 4.74 Å². The van der Waals surface area contributed by atoms with Gasteiger partial charge in [-0.25, -0.2) is 9.28 Å². The van der Waals surface area contributed by atoms with Crippen LogP contribution in [0.25, 0.3) is 10.9 Å². The number of carbonyl (C=O) groups excluding carboxylic acids is 1. The Bertz CT molecular complexity index is 1050. The molecule has 0 spiro atoms. The Morgan fingerprint density at radius 1 is 1.17 bits per heavy atom. The summed E-state index contributed by atoms with van der Waals surface area (Å²) in [6, 6.07) is 13.4. The number of ether oxygens (including phenoxy) is 1. The van der Waals surface area contributed by atoms with Crippen LogP contribution in [0.4, 0.5) is 22.0 Å². The zero-order valence-electron chi connectivity index (χ0n) is 16.2. The number of nitro benzene ring substituents is 1. The van der Waals surface area contributed by atoms with Gasteiger partial charge in [0.15, 0.2) is 5.82 Å². The van der Waals surface area contributed by atoms with Crippen molar-refractivity contribution >= 4 is 34.1 Å². The number of nitro groups is 1. The predicted octanol–water partition coefficient (Wildman–Crippen LogP) is 3.82. The summed E-state index contributed by atoms with van der Waals surface area (Å²) < 4.78 is 5.83. The maximum Gasteiger partial charge on any atom is 0.427 e. The number of quaternary nitrogens is 1. The number of H-pyrrole nitrogens is 1. The number of anilines is 1. The van der Waals surface area contributed by atoms with Gasteiger partial charge in [0.2, 0.25) is 0 Å². The van der Waals surface area contributed by atoms with Gasteiger partial charge in [-0.05, 0) is 26.0 Å².